The zero-order valence-electron chi connectivity index (χ0n) is 11.7. The molecule has 0 saturated heterocycles. The molecule has 0 spiro atoms. The van der Waals surface area contributed by atoms with Gasteiger partial charge in [-0.1, -0.05) is 0 Å². The van der Waals surface area contributed by atoms with Crippen LogP contribution in [0.3, 0.4) is 0 Å². The molecule has 1 aliphatic rings. The number of alkyl halides is 3. The number of rotatable bonds is 3. The number of nitrogens with two attached hydrogens (primary N) is 1. The summed E-state index contributed by atoms with van der Waals surface area (Å²) in [6, 6.07) is 4.45. The van der Waals surface area contributed by atoms with Gasteiger partial charge in [0.05, 0.1) is 20.6 Å². The standard InChI is InChI=1S/C13H19F3N3O/c1-4-18-10-7-9(20-13(14,15)16)5-6-11(10)19(2,3)12(18)8-17/h5-7,12H,4,8,17H2,1-3H3/q+1. The Labute approximate surface area is 116 Å². The highest BCUT2D eigenvalue weighted by molar-refractivity contribution is 5.76. The largest absolute Gasteiger partial charge is 0.573 e. The van der Waals surface area contributed by atoms with Crippen molar-refractivity contribution < 1.29 is 17.9 Å². The van der Waals surface area contributed by atoms with E-state index in [4.69, 9.17) is 5.73 Å². The summed E-state index contributed by atoms with van der Waals surface area (Å²) in [5.74, 6) is -0.202. The lowest BCUT2D eigenvalue weighted by molar-refractivity contribution is -0.274. The van der Waals surface area contributed by atoms with E-state index in [9.17, 15) is 13.2 Å². The summed E-state index contributed by atoms with van der Waals surface area (Å²) in [5, 5.41) is 0. The van der Waals surface area contributed by atoms with E-state index in [0.29, 0.717) is 17.6 Å². The average Bonchev–Trinajstić information content (AvgIpc) is 2.53. The van der Waals surface area contributed by atoms with E-state index in [-0.39, 0.29) is 11.9 Å². The second-order valence-electron chi connectivity index (χ2n) is 5.24. The number of benzene rings is 1. The SMILES string of the molecule is CCN1c2cc(OC(F)(F)F)ccc2[N+](C)(C)C1CN. The molecule has 1 atom stereocenters. The zero-order valence-corrected chi connectivity index (χ0v) is 11.7. The lowest BCUT2D eigenvalue weighted by Gasteiger charge is -2.34. The van der Waals surface area contributed by atoms with Crippen molar-refractivity contribution >= 4 is 11.4 Å². The molecule has 2 rings (SSSR count). The first-order chi connectivity index (χ1) is 9.20. The van der Waals surface area contributed by atoms with E-state index < -0.39 is 6.36 Å². The number of quaternary nitrogens is 1. The van der Waals surface area contributed by atoms with Gasteiger partial charge in [0.2, 0.25) is 0 Å². The number of hydrogen-bond donors (Lipinski definition) is 1. The van der Waals surface area contributed by atoms with Gasteiger partial charge in [-0.25, -0.2) is 0 Å². The molecule has 20 heavy (non-hydrogen) atoms. The monoisotopic (exact) mass is 290 g/mol. The molecule has 2 N–H and O–H groups in total. The van der Waals surface area contributed by atoms with E-state index in [1.165, 1.54) is 12.1 Å². The zero-order chi connectivity index (χ0) is 15.1. The number of anilines is 1. The maximum absolute atomic E-state index is 12.3. The van der Waals surface area contributed by atoms with Crippen LogP contribution >= 0.6 is 0 Å². The Hall–Kier alpha value is -1.47. The van der Waals surface area contributed by atoms with Gasteiger partial charge in [-0.2, -0.15) is 0 Å². The molecule has 1 aromatic rings. The van der Waals surface area contributed by atoms with Crippen molar-refractivity contribution in [2.45, 2.75) is 19.5 Å². The van der Waals surface area contributed by atoms with Gasteiger partial charge in [0, 0.05) is 18.7 Å². The molecule has 4 nitrogen and oxygen atoms in total. The number of nitrogens with zero attached hydrogens (tertiary/aromatic N) is 2. The third kappa shape index (κ3) is 2.43. The van der Waals surface area contributed by atoms with Gasteiger partial charge in [-0.3, -0.25) is 4.48 Å². The molecule has 1 aliphatic heterocycles. The fourth-order valence-corrected chi connectivity index (χ4v) is 2.86. The van der Waals surface area contributed by atoms with Gasteiger partial charge in [0.1, 0.15) is 11.4 Å². The number of hydrogen-bond acceptors (Lipinski definition) is 3. The molecule has 0 fully saturated rings. The first-order valence-electron chi connectivity index (χ1n) is 6.41. The molecule has 0 saturated carbocycles. The number of halogens is 3. The average molecular weight is 290 g/mol. The molecule has 0 aromatic heterocycles. The Morgan fingerprint density at radius 1 is 1.35 bits per heavy atom. The second-order valence-corrected chi connectivity index (χ2v) is 5.24. The van der Waals surface area contributed by atoms with Crippen LogP contribution in [0.5, 0.6) is 5.75 Å². The molecule has 1 heterocycles. The first-order valence-corrected chi connectivity index (χ1v) is 6.41. The van der Waals surface area contributed by atoms with Crippen LogP contribution in [0.4, 0.5) is 24.5 Å². The normalized spacial score (nSPS) is 20.9. The summed E-state index contributed by atoms with van der Waals surface area (Å²) in [4.78, 5) is 2.01. The van der Waals surface area contributed by atoms with E-state index in [1.54, 1.807) is 6.07 Å². The van der Waals surface area contributed by atoms with Crippen LogP contribution in [0.15, 0.2) is 18.2 Å². The summed E-state index contributed by atoms with van der Waals surface area (Å²) in [5.41, 5.74) is 7.51. The van der Waals surface area contributed by atoms with Gasteiger partial charge in [0.25, 0.3) is 0 Å². The van der Waals surface area contributed by atoms with Crippen molar-refractivity contribution in [3.63, 3.8) is 0 Å². The van der Waals surface area contributed by atoms with Gasteiger partial charge >= 0.3 is 6.36 Å². The second kappa shape index (κ2) is 4.82. The molecular formula is C13H19F3N3O+. The molecule has 0 aliphatic carbocycles. The van der Waals surface area contributed by atoms with Crippen molar-refractivity contribution in [1.29, 1.82) is 0 Å². The highest BCUT2D eigenvalue weighted by Gasteiger charge is 2.44. The van der Waals surface area contributed by atoms with Crippen LogP contribution in [0.1, 0.15) is 6.92 Å². The summed E-state index contributed by atoms with van der Waals surface area (Å²) in [6.07, 6.45) is -4.67. The van der Waals surface area contributed by atoms with Crippen molar-refractivity contribution in [2.75, 3.05) is 32.1 Å². The molecule has 0 amide bonds. The Morgan fingerprint density at radius 2 is 2.00 bits per heavy atom. The molecule has 0 radical (unpaired) electrons. The van der Waals surface area contributed by atoms with E-state index in [2.05, 4.69) is 4.74 Å². The van der Waals surface area contributed by atoms with Gasteiger partial charge < -0.3 is 15.4 Å². The molecule has 1 aromatic carbocycles. The number of fused-ring (bicyclic) bond motifs is 1. The van der Waals surface area contributed by atoms with Crippen LogP contribution < -0.4 is 19.9 Å². The minimum atomic E-state index is -4.68. The van der Waals surface area contributed by atoms with Gasteiger partial charge in [-0.05, 0) is 13.0 Å². The Kier molecular flexibility index (Phi) is 3.60. The van der Waals surface area contributed by atoms with Crippen molar-refractivity contribution in [3.8, 4) is 5.75 Å². The van der Waals surface area contributed by atoms with Crippen molar-refractivity contribution in [1.82, 2.24) is 4.48 Å². The van der Waals surface area contributed by atoms with Crippen LogP contribution in [0.25, 0.3) is 0 Å². The number of ether oxygens (including phenoxy) is 1. The highest BCUT2D eigenvalue weighted by atomic mass is 19.4. The minimum absolute atomic E-state index is 0.0103. The summed E-state index contributed by atoms with van der Waals surface area (Å²) in [7, 11) is 3.99. The predicted octanol–water partition coefficient (Wildman–Crippen LogP) is 2.28. The maximum Gasteiger partial charge on any atom is 0.573 e. The van der Waals surface area contributed by atoms with Crippen molar-refractivity contribution in [3.05, 3.63) is 18.2 Å². The molecule has 112 valence electrons. The maximum atomic E-state index is 12.3. The minimum Gasteiger partial charge on any atom is -0.406 e. The third-order valence-corrected chi connectivity index (χ3v) is 3.77. The lowest BCUT2D eigenvalue weighted by atomic mass is 10.2. The van der Waals surface area contributed by atoms with Crippen LogP contribution in [-0.4, -0.2) is 39.7 Å². The predicted molar refractivity (Wildman–Crippen MR) is 72.6 cm³/mol. The fourth-order valence-electron chi connectivity index (χ4n) is 2.86. The number of likely N-dealkylation sites (N-methyl/N-ethyl adjacent to an activating group) is 2. The lowest BCUT2D eigenvalue weighted by Crippen LogP contribution is -2.57. The third-order valence-electron chi connectivity index (χ3n) is 3.77. The molecular weight excluding hydrogens is 271 g/mol. The summed E-state index contributed by atoms with van der Waals surface area (Å²) in [6.45, 7) is 3.05. The quantitative estimate of drug-likeness (QED) is 0.868. The Bertz CT molecular complexity index is 502. The summed E-state index contributed by atoms with van der Waals surface area (Å²) < 4.78 is 41.4. The first kappa shape index (κ1) is 14.9. The Morgan fingerprint density at radius 3 is 2.50 bits per heavy atom. The fraction of sp³-hybridized carbons (Fsp3) is 0.538. The summed E-state index contributed by atoms with van der Waals surface area (Å²) >= 11 is 0. The van der Waals surface area contributed by atoms with Crippen molar-refractivity contribution in [2.24, 2.45) is 5.73 Å². The van der Waals surface area contributed by atoms with Gasteiger partial charge in [-0.15, -0.1) is 13.2 Å². The van der Waals surface area contributed by atoms with E-state index >= 15 is 0 Å². The van der Waals surface area contributed by atoms with Crippen LogP contribution in [0, 0.1) is 0 Å². The van der Waals surface area contributed by atoms with Crippen LogP contribution in [-0.2, 0) is 0 Å². The highest BCUT2D eigenvalue weighted by Crippen LogP contribution is 2.44. The smallest absolute Gasteiger partial charge is 0.406 e. The van der Waals surface area contributed by atoms with E-state index in [0.717, 1.165) is 11.4 Å². The Balaban J connectivity index is 2.44. The van der Waals surface area contributed by atoms with Gasteiger partial charge in [0.15, 0.2) is 11.9 Å². The molecule has 0 bridgehead atoms. The molecule has 1 unspecified atom stereocenters. The molecule has 7 heteroatoms. The topological polar surface area (TPSA) is 38.5 Å². The van der Waals surface area contributed by atoms with E-state index in [1.807, 2.05) is 25.9 Å². The van der Waals surface area contributed by atoms with Crippen LogP contribution in [0.2, 0.25) is 0 Å².